The molecule has 2 rings (SSSR count). The van der Waals surface area contributed by atoms with E-state index in [-0.39, 0.29) is 6.04 Å². The first kappa shape index (κ1) is 13.8. The first-order chi connectivity index (χ1) is 8.52. The first-order valence-electron chi connectivity index (χ1n) is 5.55. The number of aromatic nitrogens is 2. The van der Waals surface area contributed by atoms with Gasteiger partial charge in [0.15, 0.2) is 0 Å². The van der Waals surface area contributed by atoms with Crippen molar-refractivity contribution in [2.45, 2.75) is 18.8 Å². The lowest BCUT2D eigenvalue weighted by molar-refractivity contribution is 0.594. The van der Waals surface area contributed by atoms with Gasteiger partial charge >= 0.3 is 0 Å². The predicted molar refractivity (Wildman–Crippen MR) is 77.9 cm³/mol. The van der Waals surface area contributed by atoms with Crippen LogP contribution in [0.1, 0.15) is 18.8 Å². The number of fused-ring (bicyclic) bond motifs is 1. The van der Waals surface area contributed by atoms with E-state index in [1.54, 1.807) is 6.26 Å². The number of halogens is 2. The fourth-order valence-corrected chi connectivity index (χ4v) is 3.31. The lowest BCUT2D eigenvalue weighted by atomic mass is 10.3. The summed E-state index contributed by atoms with van der Waals surface area (Å²) in [6.45, 7) is 2.02. The van der Waals surface area contributed by atoms with Crippen LogP contribution >= 0.6 is 23.2 Å². The summed E-state index contributed by atoms with van der Waals surface area (Å²) in [6, 6.07) is 5.67. The Hall–Kier alpha value is -0.580. The highest BCUT2D eigenvalue weighted by molar-refractivity contribution is 7.84. The maximum absolute atomic E-state index is 11.4. The minimum absolute atomic E-state index is 0.0933. The van der Waals surface area contributed by atoms with E-state index in [1.807, 2.05) is 29.7 Å². The Labute approximate surface area is 119 Å². The number of imidazole rings is 1. The van der Waals surface area contributed by atoms with Crippen LogP contribution in [0.3, 0.4) is 0 Å². The van der Waals surface area contributed by atoms with E-state index in [1.165, 1.54) is 0 Å². The normalized spacial score (nSPS) is 14.9. The van der Waals surface area contributed by atoms with Gasteiger partial charge in [-0.1, -0.05) is 11.6 Å². The van der Waals surface area contributed by atoms with Gasteiger partial charge in [0.25, 0.3) is 0 Å². The quantitative estimate of drug-likeness (QED) is 0.812. The Bertz CT molecular complexity index is 597. The number of nitrogens with zero attached hydrogens (tertiary/aromatic N) is 2. The molecule has 1 aromatic heterocycles. The van der Waals surface area contributed by atoms with E-state index in [4.69, 9.17) is 23.2 Å². The molecule has 6 heteroatoms. The molecule has 0 saturated carbocycles. The van der Waals surface area contributed by atoms with Gasteiger partial charge in [0.1, 0.15) is 5.82 Å². The highest BCUT2D eigenvalue weighted by atomic mass is 35.5. The summed E-state index contributed by atoms with van der Waals surface area (Å²) in [5.41, 5.74) is 1.81. The zero-order chi connectivity index (χ0) is 13.3. The third-order valence-electron chi connectivity index (χ3n) is 2.76. The Morgan fingerprint density at radius 2 is 2.22 bits per heavy atom. The molecular weight excluding hydrogens is 291 g/mol. The van der Waals surface area contributed by atoms with E-state index in [9.17, 15) is 4.21 Å². The van der Waals surface area contributed by atoms with Crippen molar-refractivity contribution in [3.63, 3.8) is 0 Å². The van der Waals surface area contributed by atoms with Crippen LogP contribution in [0, 0.1) is 0 Å². The number of rotatable bonds is 4. The second-order valence-electron chi connectivity index (χ2n) is 4.25. The molecule has 0 amide bonds. The van der Waals surface area contributed by atoms with E-state index in [0.29, 0.717) is 16.7 Å². The topological polar surface area (TPSA) is 34.9 Å². The second kappa shape index (κ2) is 5.59. The van der Waals surface area contributed by atoms with E-state index < -0.39 is 10.8 Å². The summed E-state index contributed by atoms with van der Waals surface area (Å²) in [7, 11) is -0.856. The Kier molecular flexibility index (Phi) is 4.30. The van der Waals surface area contributed by atoms with Gasteiger partial charge in [-0.15, -0.1) is 11.6 Å². The standard InChI is InChI=1S/C12H14Cl2N2OS/c1-8(7-18(2)17)16-11-4-3-9(14)5-10(11)15-12(16)6-13/h3-5,8H,6-7H2,1-2H3. The van der Waals surface area contributed by atoms with Crippen molar-refractivity contribution in [1.82, 2.24) is 9.55 Å². The number of hydrogen-bond donors (Lipinski definition) is 0. The van der Waals surface area contributed by atoms with Gasteiger partial charge in [0.05, 0.1) is 16.9 Å². The molecule has 1 heterocycles. The van der Waals surface area contributed by atoms with Crippen molar-refractivity contribution in [3.05, 3.63) is 29.0 Å². The third-order valence-corrected chi connectivity index (χ3v) is 4.19. The lowest BCUT2D eigenvalue weighted by Crippen LogP contribution is -2.15. The zero-order valence-electron chi connectivity index (χ0n) is 10.2. The van der Waals surface area contributed by atoms with Gasteiger partial charge in [-0.2, -0.15) is 0 Å². The van der Waals surface area contributed by atoms with Crippen molar-refractivity contribution < 1.29 is 4.21 Å². The molecule has 0 saturated heterocycles. The van der Waals surface area contributed by atoms with Crippen LogP contribution in [0.25, 0.3) is 11.0 Å². The molecule has 2 unspecified atom stereocenters. The highest BCUT2D eigenvalue weighted by Crippen LogP contribution is 2.25. The molecule has 2 aromatic rings. The Morgan fingerprint density at radius 1 is 1.50 bits per heavy atom. The average molecular weight is 305 g/mol. The molecule has 0 spiro atoms. The molecule has 0 fully saturated rings. The van der Waals surface area contributed by atoms with Gasteiger partial charge in [-0.05, 0) is 25.1 Å². The Balaban J connectivity index is 2.56. The first-order valence-corrected chi connectivity index (χ1v) is 8.19. The molecule has 1 aromatic carbocycles. The number of benzene rings is 1. The van der Waals surface area contributed by atoms with E-state index >= 15 is 0 Å². The predicted octanol–water partition coefficient (Wildman–Crippen LogP) is 3.37. The maximum atomic E-state index is 11.4. The molecule has 0 bridgehead atoms. The molecule has 0 aliphatic carbocycles. The molecular formula is C12H14Cl2N2OS. The van der Waals surface area contributed by atoms with Gasteiger partial charge in [0.2, 0.25) is 0 Å². The molecule has 0 aliphatic heterocycles. The number of hydrogen-bond acceptors (Lipinski definition) is 2. The number of alkyl halides is 1. The van der Waals surface area contributed by atoms with Crippen molar-refractivity contribution in [3.8, 4) is 0 Å². The summed E-state index contributed by atoms with van der Waals surface area (Å²) >= 11 is 11.9. The highest BCUT2D eigenvalue weighted by Gasteiger charge is 2.16. The average Bonchev–Trinajstić information content (AvgIpc) is 2.65. The Morgan fingerprint density at radius 3 is 2.83 bits per heavy atom. The van der Waals surface area contributed by atoms with Gasteiger partial charge in [-0.25, -0.2) is 4.98 Å². The van der Waals surface area contributed by atoms with Crippen molar-refractivity contribution in [1.29, 1.82) is 0 Å². The van der Waals surface area contributed by atoms with Crippen molar-refractivity contribution in [2.75, 3.05) is 12.0 Å². The van der Waals surface area contributed by atoms with Crippen molar-refractivity contribution >= 4 is 45.0 Å². The fraction of sp³-hybridized carbons (Fsp3) is 0.417. The summed E-state index contributed by atoms with van der Waals surface area (Å²) < 4.78 is 13.4. The molecule has 3 nitrogen and oxygen atoms in total. The fourth-order valence-electron chi connectivity index (χ4n) is 2.12. The third kappa shape index (κ3) is 2.71. The summed E-state index contributed by atoms with van der Waals surface area (Å²) in [6.07, 6.45) is 1.70. The van der Waals surface area contributed by atoms with Gasteiger partial charge in [0, 0.05) is 33.9 Å². The zero-order valence-corrected chi connectivity index (χ0v) is 12.5. The lowest BCUT2D eigenvalue weighted by Gasteiger charge is -2.15. The van der Waals surface area contributed by atoms with Crippen LogP contribution in [0.2, 0.25) is 5.02 Å². The molecule has 0 aliphatic rings. The molecule has 98 valence electrons. The van der Waals surface area contributed by atoms with Crippen LogP contribution in [0.15, 0.2) is 18.2 Å². The molecule has 18 heavy (non-hydrogen) atoms. The van der Waals surface area contributed by atoms with E-state index in [0.717, 1.165) is 16.9 Å². The van der Waals surface area contributed by atoms with Crippen LogP contribution in [-0.4, -0.2) is 25.8 Å². The minimum atomic E-state index is -0.856. The second-order valence-corrected chi connectivity index (χ2v) is 6.44. The summed E-state index contributed by atoms with van der Waals surface area (Å²) in [5.74, 6) is 1.69. The largest absolute Gasteiger partial charge is 0.323 e. The van der Waals surface area contributed by atoms with Crippen LogP contribution < -0.4 is 0 Å². The maximum Gasteiger partial charge on any atom is 0.125 e. The van der Waals surface area contributed by atoms with Crippen LogP contribution in [-0.2, 0) is 16.7 Å². The smallest absolute Gasteiger partial charge is 0.125 e. The summed E-state index contributed by atoms with van der Waals surface area (Å²) in [5, 5.41) is 0.653. The molecule has 0 radical (unpaired) electrons. The van der Waals surface area contributed by atoms with Crippen LogP contribution in [0.4, 0.5) is 0 Å². The van der Waals surface area contributed by atoms with Crippen LogP contribution in [0.5, 0.6) is 0 Å². The molecule has 2 atom stereocenters. The summed E-state index contributed by atoms with van der Waals surface area (Å²) in [4.78, 5) is 4.47. The van der Waals surface area contributed by atoms with Gasteiger partial charge in [-0.3, -0.25) is 4.21 Å². The minimum Gasteiger partial charge on any atom is -0.323 e. The van der Waals surface area contributed by atoms with Crippen molar-refractivity contribution in [2.24, 2.45) is 0 Å². The monoisotopic (exact) mass is 304 g/mol. The SMILES string of the molecule is CC(CS(C)=O)n1c(CCl)nc2cc(Cl)ccc21. The van der Waals surface area contributed by atoms with Gasteiger partial charge < -0.3 is 4.57 Å². The van der Waals surface area contributed by atoms with E-state index in [2.05, 4.69) is 4.98 Å². The molecule has 0 N–H and O–H groups in total.